The molecule has 3 rings (SSSR count). The molecule has 1 aliphatic rings. The molecular weight excluding hydrogens is 334 g/mol. The fourth-order valence-corrected chi connectivity index (χ4v) is 3.09. The zero-order chi connectivity index (χ0) is 18.7. The SMILES string of the molecule is Cc1c[nH]cc1C(=O)Nc1ccc(C(=O)N2CCC(C(=O)O)CC2)cc1. The van der Waals surface area contributed by atoms with Crippen LogP contribution in [0.5, 0.6) is 0 Å². The maximum atomic E-state index is 12.5. The van der Waals surface area contributed by atoms with Gasteiger partial charge in [-0.15, -0.1) is 0 Å². The molecule has 3 N–H and O–H groups in total. The average molecular weight is 355 g/mol. The summed E-state index contributed by atoms with van der Waals surface area (Å²) < 4.78 is 0. The summed E-state index contributed by atoms with van der Waals surface area (Å²) in [6, 6.07) is 6.73. The molecule has 136 valence electrons. The van der Waals surface area contributed by atoms with Crippen LogP contribution in [0.25, 0.3) is 0 Å². The molecule has 0 radical (unpaired) electrons. The number of carbonyl (C=O) groups is 3. The van der Waals surface area contributed by atoms with Crippen molar-refractivity contribution in [1.82, 2.24) is 9.88 Å². The Morgan fingerprint density at radius 3 is 2.31 bits per heavy atom. The number of amides is 2. The van der Waals surface area contributed by atoms with E-state index in [4.69, 9.17) is 5.11 Å². The summed E-state index contributed by atoms with van der Waals surface area (Å²) in [7, 11) is 0. The summed E-state index contributed by atoms with van der Waals surface area (Å²) in [5.74, 6) is -1.49. The van der Waals surface area contributed by atoms with Gasteiger partial charge < -0.3 is 20.3 Å². The minimum Gasteiger partial charge on any atom is -0.481 e. The molecule has 26 heavy (non-hydrogen) atoms. The topological polar surface area (TPSA) is 103 Å². The summed E-state index contributed by atoms with van der Waals surface area (Å²) in [6.07, 6.45) is 4.35. The second-order valence-corrected chi connectivity index (χ2v) is 6.49. The van der Waals surface area contributed by atoms with E-state index >= 15 is 0 Å². The van der Waals surface area contributed by atoms with E-state index in [1.54, 1.807) is 41.6 Å². The lowest BCUT2D eigenvalue weighted by Crippen LogP contribution is -2.40. The van der Waals surface area contributed by atoms with Gasteiger partial charge in [0.2, 0.25) is 0 Å². The van der Waals surface area contributed by atoms with Gasteiger partial charge in [-0.05, 0) is 49.6 Å². The number of aromatic amines is 1. The number of rotatable bonds is 4. The third kappa shape index (κ3) is 3.77. The van der Waals surface area contributed by atoms with Crippen molar-refractivity contribution in [3.63, 3.8) is 0 Å². The van der Waals surface area contributed by atoms with Gasteiger partial charge in [0.25, 0.3) is 11.8 Å². The normalized spacial score (nSPS) is 14.9. The van der Waals surface area contributed by atoms with Crippen molar-refractivity contribution in [3.8, 4) is 0 Å². The monoisotopic (exact) mass is 355 g/mol. The number of nitrogens with zero attached hydrogens (tertiary/aromatic N) is 1. The predicted octanol–water partition coefficient (Wildman–Crippen LogP) is 2.51. The van der Waals surface area contributed by atoms with Crippen molar-refractivity contribution in [2.45, 2.75) is 19.8 Å². The second-order valence-electron chi connectivity index (χ2n) is 6.49. The quantitative estimate of drug-likeness (QED) is 0.784. The highest BCUT2D eigenvalue weighted by Gasteiger charge is 2.27. The van der Waals surface area contributed by atoms with Crippen LogP contribution in [0.2, 0.25) is 0 Å². The number of benzene rings is 1. The molecule has 0 unspecified atom stereocenters. The average Bonchev–Trinajstić information content (AvgIpc) is 3.08. The van der Waals surface area contributed by atoms with Crippen LogP contribution in [0.1, 0.15) is 39.1 Å². The summed E-state index contributed by atoms with van der Waals surface area (Å²) in [5, 5.41) is 11.8. The molecule has 1 aromatic heterocycles. The van der Waals surface area contributed by atoms with Crippen LogP contribution in [0.4, 0.5) is 5.69 Å². The third-order valence-corrected chi connectivity index (χ3v) is 4.72. The fourth-order valence-electron chi connectivity index (χ4n) is 3.09. The maximum Gasteiger partial charge on any atom is 0.306 e. The molecule has 0 spiro atoms. The molecule has 2 heterocycles. The number of aromatic nitrogens is 1. The number of carboxylic acid groups (broad SMARTS) is 1. The summed E-state index contributed by atoms with van der Waals surface area (Å²) >= 11 is 0. The first-order chi connectivity index (χ1) is 12.5. The fraction of sp³-hybridized carbons (Fsp3) is 0.316. The van der Waals surface area contributed by atoms with E-state index in [2.05, 4.69) is 10.3 Å². The van der Waals surface area contributed by atoms with Gasteiger partial charge in [-0.25, -0.2) is 0 Å². The van der Waals surface area contributed by atoms with Crippen LogP contribution in [0, 0.1) is 12.8 Å². The van der Waals surface area contributed by atoms with E-state index in [1.165, 1.54) is 0 Å². The lowest BCUT2D eigenvalue weighted by Gasteiger charge is -2.30. The molecule has 2 amide bonds. The van der Waals surface area contributed by atoms with Crippen LogP contribution >= 0.6 is 0 Å². The molecule has 0 bridgehead atoms. The number of aryl methyl sites for hydroxylation is 1. The van der Waals surface area contributed by atoms with Crippen LogP contribution in [0.15, 0.2) is 36.7 Å². The third-order valence-electron chi connectivity index (χ3n) is 4.72. The van der Waals surface area contributed by atoms with Gasteiger partial charge >= 0.3 is 5.97 Å². The number of anilines is 1. The molecule has 7 heteroatoms. The molecule has 0 aliphatic carbocycles. The van der Waals surface area contributed by atoms with Gasteiger partial charge in [-0.1, -0.05) is 0 Å². The minimum absolute atomic E-state index is 0.117. The molecule has 2 aromatic rings. The van der Waals surface area contributed by atoms with E-state index in [0.29, 0.717) is 42.7 Å². The number of carbonyl (C=O) groups excluding carboxylic acids is 2. The smallest absolute Gasteiger partial charge is 0.306 e. The van der Waals surface area contributed by atoms with Gasteiger partial charge in [0.05, 0.1) is 11.5 Å². The number of aliphatic carboxylic acids is 1. The van der Waals surface area contributed by atoms with E-state index < -0.39 is 5.97 Å². The van der Waals surface area contributed by atoms with Crippen molar-refractivity contribution < 1.29 is 19.5 Å². The Morgan fingerprint density at radius 2 is 1.77 bits per heavy atom. The molecule has 1 aliphatic heterocycles. The van der Waals surface area contributed by atoms with E-state index in [1.807, 2.05) is 6.92 Å². The van der Waals surface area contributed by atoms with Gasteiger partial charge in [-0.3, -0.25) is 14.4 Å². The van der Waals surface area contributed by atoms with Crippen LogP contribution in [-0.4, -0.2) is 45.9 Å². The summed E-state index contributed by atoms with van der Waals surface area (Å²) in [6.45, 7) is 2.74. The molecule has 1 fully saturated rings. The lowest BCUT2D eigenvalue weighted by atomic mass is 9.96. The highest BCUT2D eigenvalue weighted by atomic mass is 16.4. The number of piperidine rings is 1. The van der Waals surface area contributed by atoms with Gasteiger partial charge in [0.15, 0.2) is 0 Å². The van der Waals surface area contributed by atoms with E-state index in [0.717, 1.165) is 5.56 Å². The van der Waals surface area contributed by atoms with E-state index in [9.17, 15) is 14.4 Å². The number of hydrogen-bond donors (Lipinski definition) is 3. The summed E-state index contributed by atoms with van der Waals surface area (Å²) in [5.41, 5.74) is 2.57. The van der Waals surface area contributed by atoms with Crippen LogP contribution in [0.3, 0.4) is 0 Å². The Balaban J connectivity index is 1.61. The highest BCUT2D eigenvalue weighted by molar-refractivity contribution is 6.05. The molecule has 0 saturated carbocycles. The Morgan fingerprint density at radius 1 is 1.12 bits per heavy atom. The first kappa shape index (κ1) is 17.7. The largest absolute Gasteiger partial charge is 0.481 e. The van der Waals surface area contributed by atoms with Crippen LogP contribution in [-0.2, 0) is 4.79 Å². The van der Waals surface area contributed by atoms with Gasteiger partial charge in [0, 0.05) is 36.7 Å². The number of hydrogen-bond acceptors (Lipinski definition) is 3. The predicted molar refractivity (Wildman–Crippen MR) is 96.2 cm³/mol. The molecule has 7 nitrogen and oxygen atoms in total. The standard InChI is InChI=1S/C19H21N3O4/c1-12-10-20-11-16(12)17(23)21-15-4-2-13(3-5-15)18(24)22-8-6-14(7-9-22)19(25)26/h2-5,10-11,14,20H,6-9H2,1H3,(H,21,23)(H,25,26). The summed E-state index contributed by atoms with van der Waals surface area (Å²) in [4.78, 5) is 40.3. The first-order valence-electron chi connectivity index (χ1n) is 8.52. The number of likely N-dealkylation sites (tertiary alicyclic amines) is 1. The highest BCUT2D eigenvalue weighted by Crippen LogP contribution is 2.20. The molecular formula is C19H21N3O4. The molecule has 1 saturated heterocycles. The van der Waals surface area contributed by atoms with Crippen molar-refractivity contribution in [3.05, 3.63) is 53.3 Å². The second kappa shape index (κ2) is 7.43. The first-order valence-corrected chi connectivity index (χ1v) is 8.52. The number of carboxylic acids is 1. The molecule has 1 aromatic carbocycles. The Bertz CT molecular complexity index is 818. The Labute approximate surface area is 151 Å². The lowest BCUT2D eigenvalue weighted by molar-refractivity contribution is -0.143. The van der Waals surface area contributed by atoms with Crippen molar-refractivity contribution in [1.29, 1.82) is 0 Å². The number of nitrogens with one attached hydrogen (secondary N) is 2. The Kier molecular flexibility index (Phi) is 5.06. The van der Waals surface area contributed by atoms with Crippen molar-refractivity contribution >= 4 is 23.5 Å². The Hall–Kier alpha value is -3.09. The number of H-pyrrole nitrogens is 1. The minimum atomic E-state index is -0.796. The van der Waals surface area contributed by atoms with Crippen molar-refractivity contribution in [2.75, 3.05) is 18.4 Å². The van der Waals surface area contributed by atoms with Crippen molar-refractivity contribution in [2.24, 2.45) is 5.92 Å². The maximum absolute atomic E-state index is 12.5. The van der Waals surface area contributed by atoms with E-state index in [-0.39, 0.29) is 17.7 Å². The zero-order valence-corrected chi connectivity index (χ0v) is 14.5. The molecule has 0 atom stereocenters. The van der Waals surface area contributed by atoms with Crippen LogP contribution < -0.4 is 5.32 Å². The van der Waals surface area contributed by atoms with Gasteiger partial charge in [0.1, 0.15) is 0 Å². The zero-order valence-electron chi connectivity index (χ0n) is 14.5. The van der Waals surface area contributed by atoms with Gasteiger partial charge in [-0.2, -0.15) is 0 Å².